The molecule has 176 valence electrons. The van der Waals surface area contributed by atoms with Gasteiger partial charge in [0, 0.05) is 24.2 Å². The molecule has 5 unspecified atom stereocenters. The second-order valence-electron chi connectivity index (χ2n) is 9.00. The second kappa shape index (κ2) is 8.11. The van der Waals surface area contributed by atoms with E-state index in [9.17, 15) is 10.2 Å². The molecule has 0 bridgehead atoms. The lowest BCUT2D eigenvalue weighted by molar-refractivity contribution is -0.0911. The van der Waals surface area contributed by atoms with Crippen molar-refractivity contribution in [2.75, 3.05) is 12.3 Å². The number of benzene rings is 1. The van der Waals surface area contributed by atoms with Crippen molar-refractivity contribution >= 4 is 55.3 Å². The van der Waals surface area contributed by atoms with E-state index in [4.69, 9.17) is 22.1 Å². The van der Waals surface area contributed by atoms with Gasteiger partial charge in [0.2, 0.25) is 0 Å². The quantitative estimate of drug-likeness (QED) is 0.289. The van der Waals surface area contributed by atoms with Crippen LogP contribution in [0.4, 0.5) is 5.82 Å². The number of aliphatic hydroxyl groups excluding tert-OH is 2. The zero-order valence-corrected chi connectivity index (χ0v) is 20.2. The number of aliphatic hydroxyl groups is 2. The maximum Gasteiger partial charge on any atom is 0.164 e. The lowest BCUT2D eigenvalue weighted by atomic mass is 9.90. The number of hydrogen-bond acceptors (Lipinski definition) is 8. The number of nitrogens with one attached hydrogen (secondary N) is 1. The maximum absolute atomic E-state index is 11.0. The SMILES string of the molecule is Nc1ncnc2c1ccn2C1OC2(CNC(Cc3ccc4cc(Br)c(Cl)nc4c3)C2)C(O)C1O. The third-order valence-corrected chi connectivity index (χ3v) is 8.00. The highest BCUT2D eigenvalue weighted by atomic mass is 79.9. The predicted octanol–water partition coefficient (Wildman–Crippen LogP) is 2.57. The van der Waals surface area contributed by atoms with Gasteiger partial charge in [-0.3, -0.25) is 0 Å². The van der Waals surface area contributed by atoms with Gasteiger partial charge in [0.05, 0.1) is 15.4 Å². The maximum atomic E-state index is 11.0. The molecule has 6 rings (SSSR count). The predicted molar refractivity (Wildman–Crippen MR) is 131 cm³/mol. The smallest absolute Gasteiger partial charge is 0.164 e. The van der Waals surface area contributed by atoms with E-state index in [1.54, 1.807) is 16.8 Å². The lowest BCUT2D eigenvalue weighted by Crippen LogP contribution is -2.44. The van der Waals surface area contributed by atoms with Crippen LogP contribution in [0.2, 0.25) is 5.15 Å². The summed E-state index contributed by atoms with van der Waals surface area (Å²) >= 11 is 9.58. The van der Waals surface area contributed by atoms with E-state index in [2.05, 4.69) is 42.3 Å². The highest BCUT2D eigenvalue weighted by Gasteiger charge is 2.57. The van der Waals surface area contributed by atoms with E-state index in [-0.39, 0.29) is 6.04 Å². The monoisotopic (exact) mass is 544 g/mol. The number of nitrogens with zero attached hydrogens (tertiary/aromatic N) is 4. The molecule has 3 aromatic heterocycles. The van der Waals surface area contributed by atoms with Crippen LogP contribution in [0.1, 0.15) is 18.2 Å². The molecule has 5 atom stereocenters. The van der Waals surface area contributed by atoms with Crippen LogP contribution < -0.4 is 11.1 Å². The minimum absolute atomic E-state index is 0.0587. The van der Waals surface area contributed by atoms with Crippen LogP contribution in [0, 0.1) is 0 Å². The Hall–Kier alpha value is -2.34. The molecule has 0 aliphatic carbocycles. The van der Waals surface area contributed by atoms with E-state index in [0.717, 1.165) is 27.4 Å². The van der Waals surface area contributed by atoms with Gasteiger partial charge in [0.1, 0.15) is 40.8 Å². The standard InChI is InChI=1S/C23H22BrClN6O3/c24-15-7-12-2-1-11(6-16(12)30-19(15)25)5-13-8-23(9-27-13)18(33)17(32)22(34-23)31-4-3-14-20(26)28-10-29-21(14)31/h1-4,6-7,10,13,17-18,22,27,32-33H,5,8-9H2,(H2,26,28,29). The van der Waals surface area contributed by atoms with E-state index in [0.29, 0.717) is 35.0 Å². The minimum atomic E-state index is -1.11. The number of nitrogens with two attached hydrogens (primary N) is 1. The Morgan fingerprint density at radius 1 is 1.26 bits per heavy atom. The summed E-state index contributed by atoms with van der Waals surface area (Å²) in [6.45, 7) is 0.424. The van der Waals surface area contributed by atoms with E-state index >= 15 is 0 Å². The van der Waals surface area contributed by atoms with E-state index in [1.807, 2.05) is 18.2 Å². The first-order valence-corrected chi connectivity index (χ1v) is 12.1. The zero-order valence-electron chi connectivity index (χ0n) is 17.9. The summed E-state index contributed by atoms with van der Waals surface area (Å²) in [5.41, 5.74) is 7.51. The van der Waals surface area contributed by atoms with Gasteiger partial charge in [-0.2, -0.15) is 0 Å². The van der Waals surface area contributed by atoms with Gasteiger partial charge in [-0.1, -0.05) is 23.7 Å². The third-order valence-electron chi connectivity index (χ3n) is 6.88. The molecular formula is C23H22BrClN6O3. The van der Waals surface area contributed by atoms with Crippen molar-refractivity contribution in [1.82, 2.24) is 24.8 Å². The third kappa shape index (κ3) is 3.48. The Labute approximate surface area is 208 Å². The van der Waals surface area contributed by atoms with Crippen molar-refractivity contribution in [2.24, 2.45) is 0 Å². The van der Waals surface area contributed by atoms with E-state index < -0.39 is 24.0 Å². The Kier molecular flexibility index (Phi) is 5.28. The lowest BCUT2D eigenvalue weighted by Gasteiger charge is -2.26. The van der Waals surface area contributed by atoms with Crippen LogP contribution in [-0.4, -0.2) is 60.1 Å². The summed E-state index contributed by atoms with van der Waals surface area (Å²) < 4.78 is 8.83. The molecule has 1 spiro atoms. The van der Waals surface area contributed by atoms with Crippen LogP contribution in [0.15, 0.2) is 47.3 Å². The summed E-state index contributed by atoms with van der Waals surface area (Å²) in [4.78, 5) is 12.8. The van der Waals surface area contributed by atoms with Crippen molar-refractivity contribution < 1.29 is 14.9 Å². The fraction of sp³-hybridized carbons (Fsp3) is 0.348. The molecule has 2 fully saturated rings. The van der Waals surface area contributed by atoms with Crippen molar-refractivity contribution in [3.63, 3.8) is 0 Å². The summed E-state index contributed by atoms with van der Waals surface area (Å²) in [5, 5.41) is 27.5. The Morgan fingerprint density at radius 3 is 2.97 bits per heavy atom. The largest absolute Gasteiger partial charge is 0.387 e. The molecule has 2 saturated heterocycles. The number of halogens is 2. The molecule has 11 heteroatoms. The van der Waals surface area contributed by atoms with Gasteiger partial charge in [-0.05, 0) is 52.5 Å². The molecule has 34 heavy (non-hydrogen) atoms. The van der Waals surface area contributed by atoms with Crippen molar-refractivity contribution in [1.29, 1.82) is 0 Å². The highest BCUT2D eigenvalue weighted by Crippen LogP contribution is 2.43. The van der Waals surface area contributed by atoms with Crippen LogP contribution >= 0.6 is 27.5 Å². The van der Waals surface area contributed by atoms with Crippen LogP contribution in [0.5, 0.6) is 0 Å². The van der Waals surface area contributed by atoms with Crippen LogP contribution in [0.25, 0.3) is 21.9 Å². The molecule has 5 N–H and O–H groups in total. The number of pyridine rings is 1. The average Bonchev–Trinajstić information content (AvgIpc) is 3.49. The number of ether oxygens (including phenoxy) is 1. The molecule has 0 radical (unpaired) electrons. The number of hydrogen-bond donors (Lipinski definition) is 4. The molecular weight excluding hydrogens is 524 g/mol. The first-order chi connectivity index (χ1) is 16.3. The topological polar surface area (TPSA) is 131 Å². The fourth-order valence-corrected chi connectivity index (χ4v) is 5.66. The Bertz CT molecular complexity index is 1420. The Balaban J connectivity index is 1.23. The average molecular weight is 546 g/mol. The number of anilines is 1. The highest BCUT2D eigenvalue weighted by molar-refractivity contribution is 9.10. The van der Waals surface area contributed by atoms with Gasteiger partial charge in [-0.15, -0.1) is 0 Å². The number of rotatable bonds is 3. The van der Waals surface area contributed by atoms with Gasteiger partial charge < -0.3 is 30.6 Å². The molecule has 2 aliphatic heterocycles. The van der Waals surface area contributed by atoms with E-state index in [1.165, 1.54) is 6.33 Å². The summed E-state index contributed by atoms with van der Waals surface area (Å²) in [7, 11) is 0. The molecule has 0 amide bonds. The molecule has 4 aromatic rings. The van der Waals surface area contributed by atoms with Crippen LogP contribution in [-0.2, 0) is 11.2 Å². The molecule has 0 saturated carbocycles. The first kappa shape index (κ1) is 22.1. The van der Waals surface area contributed by atoms with Crippen LogP contribution in [0.3, 0.4) is 0 Å². The van der Waals surface area contributed by atoms with Crippen molar-refractivity contribution in [3.8, 4) is 0 Å². The summed E-state index contributed by atoms with van der Waals surface area (Å²) in [6, 6.07) is 9.91. The van der Waals surface area contributed by atoms with Gasteiger partial charge in [0.25, 0.3) is 0 Å². The van der Waals surface area contributed by atoms with Crippen molar-refractivity contribution in [3.05, 3.63) is 58.0 Å². The summed E-state index contributed by atoms with van der Waals surface area (Å²) in [5.74, 6) is 0.354. The van der Waals surface area contributed by atoms with Gasteiger partial charge in [0.15, 0.2) is 6.23 Å². The van der Waals surface area contributed by atoms with Crippen molar-refractivity contribution in [2.45, 2.75) is 42.9 Å². The van der Waals surface area contributed by atoms with Gasteiger partial charge >= 0.3 is 0 Å². The number of aromatic nitrogens is 4. The number of fused-ring (bicyclic) bond motifs is 2. The molecule has 1 aromatic carbocycles. The first-order valence-electron chi connectivity index (χ1n) is 10.9. The Morgan fingerprint density at radius 2 is 2.12 bits per heavy atom. The molecule has 9 nitrogen and oxygen atoms in total. The molecule has 2 aliphatic rings. The molecule has 5 heterocycles. The summed E-state index contributed by atoms with van der Waals surface area (Å²) in [6.07, 6.45) is 1.44. The fourth-order valence-electron chi connectivity index (χ4n) is 5.18. The zero-order chi connectivity index (χ0) is 23.6. The normalized spacial score (nSPS) is 29.1. The minimum Gasteiger partial charge on any atom is -0.387 e. The number of nitrogen functional groups attached to an aromatic ring is 1. The van der Waals surface area contributed by atoms with Gasteiger partial charge in [-0.25, -0.2) is 15.0 Å². The second-order valence-corrected chi connectivity index (χ2v) is 10.2.